The van der Waals surface area contributed by atoms with Crippen molar-refractivity contribution in [3.63, 3.8) is 0 Å². The number of ether oxygens (including phenoxy) is 1. The minimum atomic E-state index is -1.16. The van der Waals surface area contributed by atoms with Crippen molar-refractivity contribution in [2.45, 2.75) is 6.04 Å². The van der Waals surface area contributed by atoms with Crippen molar-refractivity contribution in [1.29, 1.82) is 0 Å². The van der Waals surface area contributed by atoms with E-state index >= 15 is 0 Å². The Bertz CT molecular complexity index is 507. The van der Waals surface area contributed by atoms with E-state index in [1.165, 1.54) is 6.08 Å². The maximum Gasteiger partial charge on any atom is 0.352 e. The van der Waals surface area contributed by atoms with Gasteiger partial charge in [-0.1, -0.05) is 12.1 Å². The fraction of sp³-hybridized carbons (Fsp3) is 0.167. The highest BCUT2D eigenvalue weighted by molar-refractivity contribution is 5.93. The number of methoxy groups -OCH3 is 1. The van der Waals surface area contributed by atoms with Gasteiger partial charge in [0.25, 0.3) is 0 Å². The number of benzene rings is 1. The van der Waals surface area contributed by atoms with Gasteiger partial charge in [0.1, 0.15) is 11.4 Å². The van der Waals surface area contributed by atoms with Crippen molar-refractivity contribution in [2.75, 3.05) is 7.11 Å². The predicted molar refractivity (Wildman–Crippen MR) is 63.1 cm³/mol. The standard InChI is InChI=1S/C12H12N2O4/c1-18-8-4-2-7(3-5-8)9-6-10(11(15)16)14-12(17)13-9/h2-6,9H,1H3,(H,15,16)(H2,13,14,17). The maximum atomic E-state index is 11.3. The number of amides is 2. The highest BCUT2D eigenvalue weighted by atomic mass is 16.5. The third-order valence-corrected chi connectivity index (χ3v) is 2.57. The molecule has 1 aromatic carbocycles. The molecule has 0 fully saturated rings. The number of nitrogens with one attached hydrogen (secondary N) is 2. The van der Waals surface area contributed by atoms with Gasteiger partial charge in [-0.15, -0.1) is 0 Å². The average Bonchev–Trinajstić information content (AvgIpc) is 2.38. The minimum Gasteiger partial charge on any atom is -0.497 e. The number of carbonyl (C=O) groups is 2. The van der Waals surface area contributed by atoms with Crippen LogP contribution in [0.5, 0.6) is 5.75 Å². The van der Waals surface area contributed by atoms with Crippen LogP contribution >= 0.6 is 0 Å². The van der Waals surface area contributed by atoms with Gasteiger partial charge in [-0.25, -0.2) is 9.59 Å². The molecule has 0 saturated heterocycles. The molecule has 3 N–H and O–H groups in total. The van der Waals surface area contributed by atoms with Gasteiger partial charge in [0.15, 0.2) is 0 Å². The first kappa shape index (κ1) is 12.0. The Morgan fingerprint density at radius 1 is 1.33 bits per heavy atom. The van der Waals surface area contributed by atoms with Gasteiger partial charge in [0.05, 0.1) is 13.2 Å². The Morgan fingerprint density at radius 3 is 2.56 bits per heavy atom. The number of carbonyl (C=O) groups excluding carboxylic acids is 1. The van der Waals surface area contributed by atoms with E-state index in [0.717, 1.165) is 5.56 Å². The first-order chi connectivity index (χ1) is 8.60. The summed E-state index contributed by atoms with van der Waals surface area (Å²) in [6, 6.07) is 6.04. The molecule has 1 atom stereocenters. The summed E-state index contributed by atoms with van der Waals surface area (Å²) in [6.07, 6.45) is 1.45. The summed E-state index contributed by atoms with van der Waals surface area (Å²) >= 11 is 0. The molecule has 2 amide bonds. The summed E-state index contributed by atoms with van der Waals surface area (Å²) in [5.74, 6) is -0.468. The Balaban J connectivity index is 2.28. The molecule has 1 aliphatic heterocycles. The lowest BCUT2D eigenvalue weighted by atomic mass is 10.0. The Labute approximate surface area is 103 Å². The van der Waals surface area contributed by atoms with Crippen LogP contribution < -0.4 is 15.4 Å². The van der Waals surface area contributed by atoms with E-state index in [4.69, 9.17) is 9.84 Å². The lowest BCUT2D eigenvalue weighted by molar-refractivity contribution is -0.133. The minimum absolute atomic E-state index is 0.125. The van der Waals surface area contributed by atoms with Crippen LogP contribution in [0.4, 0.5) is 4.79 Å². The van der Waals surface area contributed by atoms with Gasteiger partial charge in [-0.05, 0) is 23.8 Å². The van der Waals surface area contributed by atoms with Gasteiger partial charge < -0.3 is 20.5 Å². The van der Waals surface area contributed by atoms with Crippen LogP contribution in [0, 0.1) is 0 Å². The normalized spacial score (nSPS) is 18.4. The van der Waals surface area contributed by atoms with Crippen molar-refractivity contribution in [3.8, 4) is 5.75 Å². The molecule has 0 aromatic heterocycles. The summed E-state index contributed by atoms with van der Waals surface area (Å²) in [5.41, 5.74) is 0.656. The van der Waals surface area contributed by atoms with Crippen molar-refractivity contribution in [3.05, 3.63) is 41.6 Å². The molecule has 2 rings (SSSR count). The zero-order valence-electron chi connectivity index (χ0n) is 9.64. The molecule has 0 aliphatic carbocycles. The molecule has 1 unspecified atom stereocenters. The summed E-state index contributed by atoms with van der Waals surface area (Å²) in [5, 5.41) is 13.7. The van der Waals surface area contributed by atoms with Gasteiger partial charge in [0.2, 0.25) is 0 Å². The second-order valence-corrected chi connectivity index (χ2v) is 3.73. The summed E-state index contributed by atoms with van der Waals surface area (Å²) in [7, 11) is 1.56. The number of urea groups is 1. The average molecular weight is 248 g/mol. The Hall–Kier alpha value is -2.50. The molecule has 6 heteroatoms. The third kappa shape index (κ3) is 2.42. The fourth-order valence-corrected chi connectivity index (χ4v) is 1.67. The van der Waals surface area contributed by atoms with Gasteiger partial charge >= 0.3 is 12.0 Å². The SMILES string of the molecule is COc1ccc(C2C=C(C(=O)O)NC(=O)N2)cc1. The third-order valence-electron chi connectivity index (χ3n) is 2.57. The number of carboxylic acids is 1. The van der Waals surface area contributed by atoms with Crippen LogP contribution in [0.3, 0.4) is 0 Å². The van der Waals surface area contributed by atoms with Crippen LogP contribution in [0.2, 0.25) is 0 Å². The zero-order chi connectivity index (χ0) is 13.1. The summed E-state index contributed by atoms with van der Waals surface area (Å²) in [6.45, 7) is 0. The summed E-state index contributed by atoms with van der Waals surface area (Å²) in [4.78, 5) is 22.2. The number of aliphatic carboxylic acids is 1. The summed E-state index contributed by atoms with van der Waals surface area (Å²) < 4.78 is 5.03. The zero-order valence-corrected chi connectivity index (χ0v) is 9.64. The maximum absolute atomic E-state index is 11.3. The number of hydrogen-bond donors (Lipinski definition) is 3. The topological polar surface area (TPSA) is 87.7 Å². The van der Waals surface area contributed by atoms with Gasteiger partial charge in [-0.3, -0.25) is 0 Å². The molecule has 0 bridgehead atoms. The lowest BCUT2D eigenvalue weighted by Crippen LogP contribution is -2.43. The first-order valence-electron chi connectivity index (χ1n) is 5.26. The van der Waals surface area contributed by atoms with E-state index in [0.29, 0.717) is 5.75 Å². The quantitative estimate of drug-likeness (QED) is 0.745. The molecule has 94 valence electrons. The lowest BCUT2D eigenvalue weighted by Gasteiger charge is -2.22. The number of rotatable bonds is 3. The molecule has 1 aliphatic rings. The van der Waals surface area contributed by atoms with E-state index in [9.17, 15) is 9.59 Å². The van der Waals surface area contributed by atoms with Crippen LogP contribution in [0.25, 0.3) is 0 Å². The van der Waals surface area contributed by atoms with Gasteiger partial charge in [-0.2, -0.15) is 0 Å². The molecule has 0 radical (unpaired) electrons. The van der Waals surface area contributed by atoms with E-state index in [1.54, 1.807) is 31.4 Å². The first-order valence-corrected chi connectivity index (χ1v) is 5.26. The highest BCUT2D eigenvalue weighted by Gasteiger charge is 2.22. The van der Waals surface area contributed by atoms with E-state index in [2.05, 4.69) is 10.6 Å². The van der Waals surface area contributed by atoms with E-state index < -0.39 is 18.0 Å². The smallest absolute Gasteiger partial charge is 0.352 e. The molecular formula is C12H12N2O4. The van der Waals surface area contributed by atoms with E-state index in [1.807, 2.05) is 0 Å². The largest absolute Gasteiger partial charge is 0.497 e. The van der Waals surface area contributed by atoms with Crippen molar-refractivity contribution in [2.24, 2.45) is 0 Å². The van der Waals surface area contributed by atoms with Crippen LogP contribution in [0.1, 0.15) is 11.6 Å². The van der Waals surface area contributed by atoms with Crippen LogP contribution in [-0.2, 0) is 4.79 Å². The molecule has 0 saturated carbocycles. The molecular weight excluding hydrogens is 236 g/mol. The predicted octanol–water partition coefficient (Wildman–Crippen LogP) is 1.02. The highest BCUT2D eigenvalue weighted by Crippen LogP contribution is 2.21. The molecule has 18 heavy (non-hydrogen) atoms. The monoisotopic (exact) mass is 248 g/mol. The van der Waals surface area contributed by atoms with E-state index in [-0.39, 0.29) is 5.70 Å². The second kappa shape index (κ2) is 4.79. The molecule has 6 nitrogen and oxygen atoms in total. The van der Waals surface area contributed by atoms with Crippen LogP contribution in [-0.4, -0.2) is 24.2 Å². The Kier molecular flexibility index (Phi) is 3.18. The molecule has 1 heterocycles. The van der Waals surface area contributed by atoms with Crippen molar-refractivity contribution < 1.29 is 19.4 Å². The van der Waals surface area contributed by atoms with Crippen molar-refractivity contribution >= 4 is 12.0 Å². The number of carboxylic acid groups (broad SMARTS) is 1. The second-order valence-electron chi connectivity index (χ2n) is 3.73. The molecule has 0 spiro atoms. The van der Waals surface area contributed by atoms with Crippen LogP contribution in [0.15, 0.2) is 36.0 Å². The Morgan fingerprint density at radius 2 is 2.00 bits per heavy atom. The van der Waals surface area contributed by atoms with Crippen molar-refractivity contribution in [1.82, 2.24) is 10.6 Å². The van der Waals surface area contributed by atoms with Gasteiger partial charge in [0, 0.05) is 0 Å². The fourth-order valence-electron chi connectivity index (χ4n) is 1.67. The number of hydrogen-bond acceptors (Lipinski definition) is 3. The molecule has 1 aromatic rings.